The number of carbonyl (C=O) groups excluding carboxylic acids is 1. The smallest absolute Gasteiger partial charge is 0.239 e. The Balaban J connectivity index is 1.42. The highest BCUT2D eigenvalue weighted by Gasteiger charge is 2.11. The van der Waals surface area contributed by atoms with Gasteiger partial charge in [-0.25, -0.2) is 0 Å². The lowest BCUT2D eigenvalue weighted by atomic mass is 10.1. The molecule has 0 saturated carbocycles. The Morgan fingerprint density at radius 1 is 1.17 bits per heavy atom. The van der Waals surface area contributed by atoms with Gasteiger partial charge in [0, 0.05) is 35.9 Å². The molecule has 0 unspecified atom stereocenters. The number of pyridine rings is 1. The minimum Gasteiger partial charge on any atom is -0.375 e. The fourth-order valence-electron chi connectivity index (χ4n) is 2.90. The van der Waals surface area contributed by atoms with Crippen LogP contribution in [0.5, 0.6) is 0 Å². The second-order valence-electron chi connectivity index (χ2n) is 6.96. The van der Waals surface area contributed by atoms with Crippen LogP contribution in [-0.2, 0) is 11.3 Å². The summed E-state index contributed by atoms with van der Waals surface area (Å²) in [6, 6.07) is 8.16. The van der Waals surface area contributed by atoms with Crippen LogP contribution in [0.15, 0.2) is 41.7 Å². The summed E-state index contributed by atoms with van der Waals surface area (Å²) in [4.78, 5) is 20.3. The fourth-order valence-corrected chi connectivity index (χ4v) is 3.65. The number of hydrogen-bond acceptors (Lipinski definition) is 8. The molecular weight excluding hydrogens is 386 g/mol. The summed E-state index contributed by atoms with van der Waals surface area (Å²) in [5.41, 5.74) is 4.90. The third-order valence-corrected chi connectivity index (χ3v) is 5.09. The molecule has 1 aliphatic heterocycles. The first kappa shape index (κ1) is 19.0. The number of aromatic nitrogens is 3. The van der Waals surface area contributed by atoms with Crippen molar-refractivity contribution in [3.05, 3.63) is 47.8 Å². The van der Waals surface area contributed by atoms with Gasteiger partial charge in [-0.05, 0) is 43.2 Å². The van der Waals surface area contributed by atoms with E-state index in [2.05, 4.69) is 48.3 Å². The van der Waals surface area contributed by atoms with Crippen molar-refractivity contribution in [1.29, 1.82) is 0 Å². The Bertz CT molecular complexity index is 1060. The molecule has 1 amide bonds. The molecule has 0 bridgehead atoms. The molecule has 1 aliphatic rings. The normalized spacial score (nSPS) is 12.1. The summed E-state index contributed by atoms with van der Waals surface area (Å²) in [5, 5.41) is 19.2. The van der Waals surface area contributed by atoms with Gasteiger partial charge >= 0.3 is 0 Å². The highest BCUT2D eigenvalue weighted by atomic mass is 32.1. The van der Waals surface area contributed by atoms with Gasteiger partial charge in [0.05, 0.1) is 18.8 Å². The second kappa shape index (κ2) is 8.36. The highest BCUT2D eigenvalue weighted by Crippen LogP contribution is 2.30. The first-order valence-corrected chi connectivity index (χ1v) is 10.1. The van der Waals surface area contributed by atoms with E-state index in [1.807, 2.05) is 32.2 Å². The van der Waals surface area contributed by atoms with Gasteiger partial charge in [-0.3, -0.25) is 14.8 Å². The molecule has 9 heteroatoms. The lowest BCUT2D eigenvalue weighted by Crippen LogP contribution is -2.34. The van der Waals surface area contributed by atoms with Crippen LogP contribution in [0.4, 0.5) is 16.5 Å². The molecule has 29 heavy (non-hydrogen) atoms. The summed E-state index contributed by atoms with van der Waals surface area (Å²) >= 11 is 1.44. The monoisotopic (exact) mass is 407 g/mol. The molecule has 4 rings (SSSR count). The summed E-state index contributed by atoms with van der Waals surface area (Å²) in [6.07, 6.45) is 5.30. The zero-order valence-electron chi connectivity index (χ0n) is 16.1. The number of fused-ring (bicyclic) bond motifs is 1. The minimum atomic E-state index is -0.0628. The van der Waals surface area contributed by atoms with Gasteiger partial charge in [0.1, 0.15) is 0 Å². The molecule has 2 aromatic heterocycles. The molecule has 0 atom stereocenters. The van der Waals surface area contributed by atoms with Crippen molar-refractivity contribution in [2.45, 2.75) is 26.4 Å². The van der Waals surface area contributed by atoms with Crippen molar-refractivity contribution in [3.8, 4) is 10.6 Å². The molecule has 0 aliphatic carbocycles. The fraction of sp³-hybridized carbons (Fsp3) is 0.250. The molecule has 0 fully saturated rings. The quantitative estimate of drug-likeness (QED) is 0.556. The molecule has 1 aromatic carbocycles. The van der Waals surface area contributed by atoms with E-state index in [0.717, 1.165) is 34.1 Å². The number of rotatable bonds is 7. The standard InChI is InChI=1S/C20H21N7OS/c1-12(2)24-18(28)11-23-17-6-15(9-22-10-17)19-26-27-20(29-19)25-16-4-3-13-7-21-8-14(13)5-16/h3-6,8-10,12,23H,7,11H2,1-2H3,(H,24,28)(H,25,27). The van der Waals surface area contributed by atoms with Crippen LogP contribution in [0.2, 0.25) is 0 Å². The van der Waals surface area contributed by atoms with Gasteiger partial charge in [-0.15, -0.1) is 10.2 Å². The van der Waals surface area contributed by atoms with Crippen molar-refractivity contribution in [1.82, 2.24) is 20.5 Å². The molecular formula is C20H21N7OS. The number of anilines is 3. The number of carbonyl (C=O) groups is 1. The number of benzene rings is 1. The summed E-state index contributed by atoms with van der Waals surface area (Å²) in [5.74, 6) is -0.0628. The van der Waals surface area contributed by atoms with E-state index in [4.69, 9.17) is 0 Å². The molecule has 3 N–H and O–H groups in total. The zero-order valence-corrected chi connectivity index (χ0v) is 17.0. The number of amides is 1. The van der Waals surface area contributed by atoms with E-state index in [9.17, 15) is 4.79 Å². The lowest BCUT2D eigenvalue weighted by molar-refractivity contribution is -0.119. The van der Waals surface area contributed by atoms with Gasteiger partial charge in [-0.1, -0.05) is 17.4 Å². The van der Waals surface area contributed by atoms with E-state index < -0.39 is 0 Å². The van der Waals surface area contributed by atoms with Gasteiger partial charge < -0.3 is 16.0 Å². The van der Waals surface area contributed by atoms with Crippen LogP contribution in [0, 0.1) is 0 Å². The average molecular weight is 408 g/mol. The van der Waals surface area contributed by atoms with Crippen LogP contribution in [0.1, 0.15) is 25.0 Å². The maximum absolute atomic E-state index is 11.8. The molecule has 0 saturated heterocycles. The van der Waals surface area contributed by atoms with Gasteiger partial charge in [0.15, 0.2) is 5.01 Å². The first-order valence-electron chi connectivity index (χ1n) is 9.29. The number of hydrogen-bond donors (Lipinski definition) is 3. The van der Waals surface area contributed by atoms with Gasteiger partial charge in [-0.2, -0.15) is 0 Å². The summed E-state index contributed by atoms with van der Waals surface area (Å²) in [7, 11) is 0. The summed E-state index contributed by atoms with van der Waals surface area (Å²) < 4.78 is 0. The Morgan fingerprint density at radius 2 is 2.07 bits per heavy atom. The van der Waals surface area contributed by atoms with E-state index >= 15 is 0 Å². The number of nitrogens with one attached hydrogen (secondary N) is 3. The summed E-state index contributed by atoms with van der Waals surface area (Å²) in [6.45, 7) is 4.79. The van der Waals surface area contributed by atoms with Crippen molar-refractivity contribution in [3.63, 3.8) is 0 Å². The first-order chi connectivity index (χ1) is 14.1. The van der Waals surface area contributed by atoms with Crippen LogP contribution in [0.25, 0.3) is 10.6 Å². The van der Waals surface area contributed by atoms with Crippen molar-refractivity contribution in [2.24, 2.45) is 4.99 Å². The van der Waals surface area contributed by atoms with Crippen LogP contribution < -0.4 is 16.0 Å². The second-order valence-corrected chi connectivity index (χ2v) is 7.94. The predicted molar refractivity (Wildman–Crippen MR) is 116 cm³/mol. The largest absolute Gasteiger partial charge is 0.375 e. The molecule has 0 spiro atoms. The third-order valence-electron chi connectivity index (χ3n) is 4.20. The SMILES string of the molecule is CC(C)NC(=O)CNc1cncc(-c2nnc(Nc3ccc4c(c3)C=NC4)s2)c1. The van der Waals surface area contributed by atoms with Gasteiger partial charge in [0.2, 0.25) is 11.0 Å². The molecule has 148 valence electrons. The number of aliphatic imine (C=N–C) groups is 1. The Morgan fingerprint density at radius 3 is 2.93 bits per heavy atom. The lowest BCUT2D eigenvalue weighted by Gasteiger charge is -2.10. The third kappa shape index (κ3) is 4.75. The van der Waals surface area contributed by atoms with Crippen molar-refractivity contribution >= 4 is 40.0 Å². The van der Waals surface area contributed by atoms with Crippen LogP contribution in [0.3, 0.4) is 0 Å². The molecule has 8 nitrogen and oxygen atoms in total. The Hall–Kier alpha value is -3.33. The topological polar surface area (TPSA) is 104 Å². The molecule has 0 radical (unpaired) electrons. The maximum Gasteiger partial charge on any atom is 0.239 e. The highest BCUT2D eigenvalue weighted by molar-refractivity contribution is 7.18. The Kier molecular flexibility index (Phi) is 5.48. The Labute approximate surface area is 172 Å². The van der Waals surface area contributed by atoms with E-state index in [1.54, 1.807) is 12.4 Å². The van der Waals surface area contributed by atoms with Crippen LogP contribution in [-0.4, -0.2) is 39.9 Å². The van der Waals surface area contributed by atoms with Crippen LogP contribution >= 0.6 is 11.3 Å². The van der Waals surface area contributed by atoms with Gasteiger partial charge in [0.25, 0.3) is 0 Å². The van der Waals surface area contributed by atoms with E-state index in [1.165, 1.54) is 16.9 Å². The number of nitrogens with zero attached hydrogens (tertiary/aromatic N) is 4. The molecule has 3 heterocycles. The average Bonchev–Trinajstić information content (AvgIpc) is 3.35. The van der Waals surface area contributed by atoms with E-state index in [0.29, 0.717) is 5.13 Å². The van der Waals surface area contributed by atoms with E-state index in [-0.39, 0.29) is 18.5 Å². The molecule has 3 aromatic rings. The van der Waals surface area contributed by atoms with Crippen molar-refractivity contribution in [2.75, 3.05) is 17.2 Å². The zero-order chi connectivity index (χ0) is 20.2. The van der Waals surface area contributed by atoms with Crippen molar-refractivity contribution < 1.29 is 4.79 Å². The predicted octanol–water partition coefficient (Wildman–Crippen LogP) is 3.21. The minimum absolute atomic E-state index is 0.0628. The maximum atomic E-state index is 11.8.